The Morgan fingerprint density at radius 2 is 1.83 bits per heavy atom. The lowest BCUT2D eigenvalue weighted by Gasteiger charge is -2.26. The molecular weight excluding hydrogens is 620 g/mol. The summed E-state index contributed by atoms with van der Waals surface area (Å²) in [5.74, 6) is 0.0442. The average Bonchev–Trinajstić information content (AvgIpc) is 3.24. The maximum atomic E-state index is 14.1. The molecule has 0 unspecified atom stereocenters. The Hall–Kier alpha value is -3.50. The highest BCUT2D eigenvalue weighted by molar-refractivity contribution is 9.10. The molecule has 0 bridgehead atoms. The Labute approximate surface area is 257 Å². The van der Waals surface area contributed by atoms with E-state index in [-0.39, 0.29) is 17.9 Å². The summed E-state index contributed by atoms with van der Waals surface area (Å²) in [5.41, 5.74) is 3.39. The molecule has 2 heterocycles. The Kier molecular flexibility index (Phi) is 10.2. The zero-order chi connectivity index (χ0) is 30.6. The van der Waals surface area contributed by atoms with Gasteiger partial charge in [0.15, 0.2) is 16.3 Å². The highest BCUT2D eigenvalue weighted by atomic mass is 79.9. The van der Waals surface area contributed by atoms with Crippen LogP contribution in [0.5, 0.6) is 11.5 Å². The molecule has 222 valence electrons. The predicted molar refractivity (Wildman–Crippen MR) is 167 cm³/mol. The van der Waals surface area contributed by atoms with Gasteiger partial charge in [0.05, 0.1) is 39.5 Å². The van der Waals surface area contributed by atoms with E-state index >= 15 is 0 Å². The first-order valence-corrected chi connectivity index (χ1v) is 15.7. The first kappa shape index (κ1) is 31.4. The van der Waals surface area contributed by atoms with Gasteiger partial charge in [0.1, 0.15) is 0 Å². The number of hydrogen-bond acceptors (Lipinski definition) is 8. The second-order valence-electron chi connectivity index (χ2n) is 10.1. The molecule has 1 aliphatic heterocycles. The molecule has 0 fully saturated rings. The Balaban J connectivity index is 1.95. The van der Waals surface area contributed by atoms with Crippen molar-refractivity contribution in [1.82, 2.24) is 4.57 Å². The Bertz CT molecular complexity index is 1700. The zero-order valence-corrected chi connectivity index (χ0v) is 27.1. The molecule has 8 nitrogen and oxygen atoms in total. The van der Waals surface area contributed by atoms with Gasteiger partial charge in [-0.25, -0.2) is 9.79 Å². The van der Waals surface area contributed by atoms with Crippen molar-refractivity contribution in [1.29, 1.82) is 0 Å². The molecule has 1 aromatic heterocycles. The minimum absolute atomic E-state index is 0.214. The summed E-state index contributed by atoms with van der Waals surface area (Å²) in [6.45, 7) is 11.8. The van der Waals surface area contributed by atoms with Crippen molar-refractivity contribution in [3.8, 4) is 11.5 Å². The van der Waals surface area contributed by atoms with E-state index in [1.54, 1.807) is 29.7 Å². The van der Waals surface area contributed by atoms with E-state index in [1.807, 2.05) is 38.1 Å². The topological polar surface area (TPSA) is 96.2 Å². The number of fused-ring (bicyclic) bond motifs is 1. The fraction of sp³-hybridized carbons (Fsp3) is 0.375. The third-order valence-electron chi connectivity index (χ3n) is 6.69. The van der Waals surface area contributed by atoms with Gasteiger partial charge >= 0.3 is 11.9 Å². The van der Waals surface area contributed by atoms with Crippen LogP contribution in [0, 0.1) is 0 Å². The van der Waals surface area contributed by atoms with Gasteiger partial charge in [-0.2, -0.15) is 0 Å². The number of esters is 2. The van der Waals surface area contributed by atoms with Crippen LogP contribution in [0.2, 0.25) is 0 Å². The minimum atomic E-state index is -0.678. The maximum absolute atomic E-state index is 14.1. The standard InChI is InChI=1S/C32H35BrN2O6S/c1-7-10-24-27(31(38)40-9-3)28(22-13-11-21(12-14-22)18(4)5)35-30(37)26(42-32(35)34-24)17-20-15-23(33)29(41-19(6)36)25(16-20)39-8-2/h11-18,28H,7-10H2,1-6H3/b26-17-/t28-/m0/s1. The van der Waals surface area contributed by atoms with Crippen LogP contribution in [0.15, 0.2) is 61.9 Å². The van der Waals surface area contributed by atoms with Crippen LogP contribution < -0.4 is 24.4 Å². The molecule has 4 rings (SSSR count). The van der Waals surface area contributed by atoms with Gasteiger partial charge in [0.25, 0.3) is 5.56 Å². The molecule has 0 saturated heterocycles. The minimum Gasteiger partial charge on any atom is -0.490 e. The quantitative estimate of drug-likeness (QED) is 0.203. The van der Waals surface area contributed by atoms with E-state index in [0.717, 1.165) is 17.5 Å². The highest BCUT2D eigenvalue weighted by Gasteiger charge is 2.34. The molecule has 0 N–H and O–H groups in total. The van der Waals surface area contributed by atoms with Crippen molar-refractivity contribution in [2.45, 2.75) is 66.3 Å². The summed E-state index contributed by atoms with van der Waals surface area (Å²) < 4.78 is 19.1. The molecule has 1 atom stereocenters. The zero-order valence-electron chi connectivity index (χ0n) is 24.7. The van der Waals surface area contributed by atoms with E-state index in [2.05, 4.69) is 29.8 Å². The van der Waals surface area contributed by atoms with Gasteiger partial charge in [-0.05, 0) is 77.0 Å². The lowest BCUT2D eigenvalue weighted by Crippen LogP contribution is -2.40. The lowest BCUT2D eigenvalue weighted by atomic mass is 9.92. The number of carbonyl (C=O) groups is 2. The molecule has 0 amide bonds. The second-order valence-corrected chi connectivity index (χ2v) is 12.0. The van der Waals surface area contributed by atoms with Crippen molar-refractivity contribution in [2.24, 2.45) is 4.99 Å². The van der Waals surface area contributed by atoms with Gasteiger partial charge in [-0.1, -0.05) is 62.8 Å². The van der Waals surface area contributed by atoms with E-state index in [4.69, 9.17) is 19.2 Å². The number of rotatable bonds is 10. The molecule has 0 spiro atoms. The normalized spacial score (nSPS) is 15.0. The number of aromatic nitrogens is 1. The molecule has 1 aliphatic rings. The van der Waals surface area contributed by atoms with Crippen LogP contribution in [-0.2, 0) is 14.3 Å². The Morgan fingerprint density at radius 1 is 1.12 bits per heavy atom. The molecule has 42 heavy (non-hydrogen) atoms. The number of benzene rings is 2. The summed E-state index contributed by atoms with van der Waals surface area (Å²) >= 11 is 4.73. The van der Waals surface area contributed by atoms with E-state index in [0.29, 0.717) is 55.3 Å². The average molecular weight is 656 g/mol. The summed E-state index contributed by atoms with van der Waals surface area (Å²) in [7, 11) is 0. The van der Waals surface area contributed by atoms with Crippen LogP contribution in [-0.4, -0.2) is 29.7 Å². The fourth-order valence-electron chi connectivity index (χ4n) is 4.83. The molecule has 0 saturated carbocycles. The van der Waals surface area contributed by atoms with Crippen LogP contribution in [0.25, 0.3) is 6.08 Å². The fourth-order valence-corrected chi connectivity index (χ4v) is 6.39. The number of hydrogen-bond donors (Lipinski definition) is 0. The van der Waals surface area contributed by atoms with Crippen LogP contribution in [0.1, 0.15) is 83.0 Å². The number of allylic oxidation sites excluding steroid dienone is 1. The number of halogens is 1. The van der Waals surface area contributed by atoms with Crippen molar-refractivity contribution in [2.75, 3.05) is 13.2 Å². The number of ether oxygens (including phenoxy) is 3. The summed E-state index contributed by atoms with van der Waals surface area (Å²) in [6.07, 6.45) is 3.10. The van der Waals surface area contributed by atoms with E-state index in [9.17, 15) is 14.4 Å². The van der Waals surface area contributed by atoms with E-state index in [1.165, 1.54) is 18.3 Å². The Morgan fingerprint density at radius 3 is 2.43 bits per heavy atom. The van der Waals surface area contributed by atoms with Gasteiger partial charge in [-0.3, -0.25) is 14.2 Å². The van der Waals surface area contributed by atoms with Crippen LogP contribution >= 0.6 is 27.3 Å². The second kappa shape index (κ2) is 13.6. The smallest absolute Gasteiger partial charge is 0.338 e. The van der Waals surface area contributed by atoms with E-state index < -0.39 is 18.0 Å². The molecule has 10 heteroatoms. The maximum Gasteiger partial charge on any atom is 0.338 e. The monoisotopic (exact) mass is 654 g/mol. The number of nitrogens with zero attached hydrogens (tertiary/aromatic N) is 2. The highest BCUT2D eigenvalue weighted by Crippen LogP contribution is 2.37. The van der Waals surface area contributed by atoms with Crippen molar-refractivity contribution in [3.63, 3.8) is 0 Å². The van der Waals surface area contributed by atoms with Gasteiger partial charge in [0.2, 0.25) is 0 Å². The van der Waals surface area contributed by atoms with Crippen molar-refractivity contribution < 1.29 is 23.8 Å². The molecule has 0 aliphatic carbocycles. The van der Waals surface area contributed by atoms with Crippen LogP contribution in [0.4, 0.5) is 0 Å². The third kappa shape index (κ3) is 6.60. The largest absolute Gasteiger partial charge is 0.490 e. The first-order valence-electron chi connectivity index (χ1n) is 14.1. The summed E-state index contributed by atoms with van der Waals surface area (Å²) in [4.78, 5) is 44.4. The molecule has 2 aromatic carbocycles. The van der Waals surface area contributed by atoms with Gasteiger partial charge < -0.3 is 14.2 Å². The molecule has 3 aromatic rings. The molecule has 0 radical (unpaired) electrons. The molecular formula is C32H35BrN2O6S. The number of thiazole rings is 1. The summed E-state index contributed by atoms with van der Waals surface area (Å²) in [5, 5.41) is 0. The van der Waals surface area contributed by atoms with Gasteiger partial charge in [0, 0.05) is 6.92 Å². The summed E-state index contributed by atoms with van der Waals surface area (Å²) in [6, 6.07) is 10.8. The first-order chi connectivity index (χ1) is 20.1. The third-order valence-corrected chi connectivity index (χ3v) is 8.26. The van der Waals surface area contributed by atoms with Crippen molar-refractivity contribution >= 4 is 45.3 Å². The number of carbonyl (C=O) groups excluding carboxylic acids is 2. The lowest BCUT2D eigenvalue weighted by molar-refractivity contribution is -0.139. The van der Waals surface area contributed by atoms with Crippen LogP contribution in [0.3, 0.4) is 0 Å². The van der Waals surface area contributed by atoms with Crippen molar-refractivity contribution in [3.05, 3.63) is 88.5 Å². The predicted octanol–water partition coefficient (Wildman–Crippen LogP) is 5.79. The SMILES string of the molecule is CCCC1=C(C(=O)OCC)[C@H](c2ccc(C(C)C)cc2)n2c(s/c(=C\c3cc(Br)c(OC(C)=O)c(OCC)c3)c2=O)=N1. The van der Waals surface area contributed by atoms with Gasteiger partial charge in [-0.15, -0.1) is 0 Å².